The Labute approximate surface area is 135 Å². The van der Waals surface area contributed by atoms with E-state index in [1.165, 1.54) is 4.90 Å². The van der Waals surface area contributed by atoms with E-state index in [0.29, 0.717) is 28.3 Å². The number of carboxylic acid groups (broad SMARTS) is 1. The van der Waals surface area contributed by atoms with Crippen LogP contribution in [0.3, 0.4) is 0 Å². The Morgan fingerprint density at radius 1 is 1.52 bits per heavy atom. The van der Waals surface area contributed by atoms with Gasteiger partial charge in [0.05, 0.1) is 28.3 Å². The van der Waals surface area contributed by atoms with Gasteiger partial charge in [-0.3, -0.25) is 0 Å². The quantitative estimate of drug-likeness (QED) is 0.846. The molecule has 0 aliphatic carbocycles. The number of aliphatic carboxylic acids is 1. The minimum Gasteiger partial charge on any atom is -0.480 e. The molecule has 0 aromatic heterocycles. The molecule has 6 nitrogen and oxygen atoms in total. The predicted octanol–water partition coefficient (Wildman–Crippen LogP) is 2.81. The first kappa shape index (κ1) is 16.1. The molecule has 1 aliphatic heterocycles. The molecule has 8 heteroatoms. The number of hydrogen-bond donors (Lipinski definition) is 2. The molecule has 1 aromatic rings. The number of carboxylic acids is 1. The number of nitrogens with one attached hydrogen (secondary N) is 1. The number of urea groups is 1. The normalized spacial score (nSPS) is 16.2. The highest BCUT2D eigenvalue weighted by atomic mass is 79.9. The van der Waals surface area contributed by atoms with Crippen LogP contribution in [0.2, 0.25) is 5.02 Å². The van der Waals surface area contributed by atoms with Gasteiger partial charge in [-0.25, -0.2) is 9.59 Å². The number of rotatable bonds is 4. The van der Waals surface area contributed by atoms with Crippen LogP contribution in [0.5, 0.6) is 0 Å². The molecule has 2 amide bonds. The number of halogens is 2. The van der Waals surface area contributed by atoms with Crippen LogP contribution in [-0.4, -0.2) is 47.3 Å². The molecule has 1 saturated heterocycles. The molecule has 0 spiro atoms. The smallest absolute Gasteiger partial charge is 0.329 e. The van der Waals surface area contributed by atoms with Gasteiger partial charge in [0.15, 0.2) is 0 Å². The average molecular weight is 378 g/mol. The second kappa shape index (κ2) is 6.21. The van der Waals surface area contributed by atoms with Crippen LogP contribution in [0.25, 0.3) is 0 Å². The fourth-order valence-corrected chi connectivity index (χ4v) is 2.56. The third kappa shape index (κ3) is 3.87. The van der Waals surface area contributed by atoms with Crippen molar-refractivity contribution in [2.75, 3.05) is 25.0 Å². The molecule has 1 aliphatic rings. The van der Waals surface area contributed by atoms with E-state index in [2.05, 4.69) is 21.2 Å². The van der Waals surface area contributed by atoms with Gasteiger partial charge in [-0.05, 0) is 35.0 Å². The van der Waals surface area contributed by atoms with Gasteiger partial charge < -0.3 is 20.1 Å². The molecule has 0 radical (unpaired) electrons. The third-order valence-corrected chi connectivity index (χ3v) is 4.47. The molecular formula is C13H14BrClN2O4. The Morgan fingerprint density at radius 3 is 2.81 bits per heavy atom. The van der Waals surface area contributed by atoms with Gasteiger partial charge >= 0.3 is 12.0 Å². The van der Waals surface area contributed by atoms with Crippen LogP contribution in [0.15, 0.2) is 22.7 Å². The molecule has 1 fully saturated rings. The monoisotopic (exact) mass is 376 g/mol. The lowest BCUT2D eigenvalue weighted by Gasteiger charge is -2.46. The van der Waals surface area contributed by atoms with Crippen molar-refractivity contribution < 1.29 is 19.4 Å². The lowest BCUT2D eigenvalue weighted by atomic mass is 9.97. The minimum absolute atomic E-state index is 0.283. The van der Waals surface area contributed by atoms with Crippen molar-refractivity contribution >= 4 is 45.2 Å². The topological polar surface area (TPSA) is 78.9 Å². The molecule has 1 heterocycles. The molecule has 0 saturated carbocycles. The van der Waals surface area contributed by atoms with E-state index >= 15 is 0 Å². The third-order valence-electron chi connectivity index (χ3n) is 3.08. The van der Waals surface area contributed by atoms with Crippen molar-refractivity contribution in [3.63, 3.8) is 0 Å². The number of carbonyl (C=O) groups excluding carboxylic acids is 1. The zero-order valence-electron chi connectivity index (χ0n) is 11.2. The molecule has 0 atom stereocenters. The molecular weight excluding hydrogens is 364 g/mol. The van der Waals surface area contributed by atoms with E-state index in [9.17, 15) is 9.59 Å². The summed E-state index contributed by atoms with van der Waals surface area (Å²) in [7, 11) is 0. The number of anilines is 1. The van der Waals surface area contributed by atoms with Gasteiger partial charge in [0.1, 0.15) is 12.2 Å². The Kier molecular flexibility index (Phi) is 4.75. The van der Waals surface area contributed by atoms with E-state index in [1.54, 1.807) is 25.1 Å². The summed E-state index contributed by atoms with van der Waals surface area (Å²) >= 11 is 9.26. The summed E-state index contributed by atoms with van der Waals surface area (Å²) in [5.74, 6) is -1.03. The van der Waals surface area contributed by atoms with Gasteiger partial charge in [0.2, 0.25) is 0 Å². The summed E-state index contributed by atoms with van der Waals surface area (Å²) < 4.78 is 5.86. The highest BCUT2D eigenvalue weighted by molar-refractivity contribution is 9.10. The van der Waals surface area contributed by atoms with Crippen molar-refractivity contribution in [2.24, 2.45) is 0 Å². The number of benzene rings is 1. The number of likely N-dealkylation sites (tertiary alicyclic amines) is 1. The fraction of sp³-hybridized carbons (Fsp3) is 0.385. The van der Waals surface area contributed by atoms with E-state index in [1.807, 2.05) is 0 Å². The van der Waals surface area contributed by atoms with Crippen LogP contribution in [0, 0.1) is 0 Å². The highest BCUT2D eigenvalue weighted by Crippen LogP contribution is 2.31. The van der Waals surface area contributed by atoms with E-state index in [0.717, 1.165) is 0 Å². The first-order chi connectivity index (χ1) is 9.81. The fourth-order valence-electron chi connectivity index (χ4n) is 2.03. The SMILES string of the molecule is CC1(OCC(=O)O)CN(C(=O)Nc2cccc(Cl)c2Br)C1. The van der Waals surface area contributed by atoms with Crippen LogP contribution in [0.4, 0.5) is 10.5 Å². The van der Waals surface area contributed by atoms with Crippen LogP contribution in [0.1, 0.15) is 6.92 Å². The lowest BCUT2D eigenvalue weighted by molar-refractivity contribution is -0.159. The van der Waals surface area contributed by atoms with Gasteiger partial charge in [0.25, 0.3) is 0 Å². The van der Waals surface area contributed by atoms with Crippen LogP contribution >= 0.6 is 27.5 Å². The van der Waals surface area contributed by atoms with Gasteiger partial charge in [0, 0.05) is 0 Å². The van der Waals surface area contributed by atoms with Crippen molar-refractivity contribution in [1.29, 1.82) is 0 Å². The Bertz CT molecular complexity index is 575. The number of ether oxygens (including phenoxy) is 1. The second-order valence-electron chi connectivity index (χ2n) is 5.02. The van der Waals surface area contributed by atoms with Gasteiger partial charge in [-0.2, -0.15) is 0 Å². The number of amides is 2. The molecule has 2 rings (SSSR count). The van der Waals surface area contributed by atoms with Gasteiger partial charge in [-0.15, -0.1) is 0 Å². The summed E-state index contributed by atoms with van der Waals surface area (Å²) in [6.07, 6.45) is 0. The molecule has 0 unspecified atom stereocenters. The molecule has 114 valence electrons. The molecule has 2 N–H and O–H groups in total. The number of nitrogens with zero attached hydrogens (tertiary/aromatic N) is 1. The van der Waals surface area contributed by atoms with E-state index in [-0.39, 0.29) is 12.6 Å². The maximum absolute atomic E-state index is 12.1. The summed E-state index contributed by atoms with van der Waals surface area (Å²) in [5.41, 5.74) is -0.0334. The Morgan fingerprint density at radius 2 is 2.19 bits per heavy atom. The second-order valence-corrected chi connectivity index (χ2v) is 6.22. The maximum atomic E-state index is 12.1. The van der Waals surface area contributed by atoms with Crippen LogP contribution in [-0.2, 0) is 9.53 Å². The van der Waals surface area contributed by atoms with Crippen LogP contribution < -0.4 is 5.32 Å². The zero-order chi connectivity index (χ0) is 15.6. The Balaban J connectivity index is 1.89. The van der Waals surface area contributed by atoms with E-state index < -0.39 is 11.6 Å². The van der Waals surface area contributed by atoms with Crippen molar-refractivity contribution in [2.45, 2.75) is 12.5 Å². The van der Waals surface area contributed by atoms with Crippen molar-refractivity contribution in [1.82, 2.24) is 4.90 Å². The zero-order valence-corrected chi connectivity index (χ0v) is 13.6. The molecule has 0 bridgehead atoms. The van der Waals surface area contributed by atoms with Gasteiger partial charge in [-0.1, -0.05) is 17.7 Å². The Hall–Kier alpha value is -1.31. The summed E-state index contributed by atoms with van der Waals surface area (Å²) in [6, 6.07) is 4.89. The lowest BCUT2D eigenvalue weighted by Crippen LogP contribution is -2.64. The van der Waals surface area contributed by atoms with E-state index in [4.69, 9.17) is 21.4 Å². The largest absolute Gasteiger partial charge is 0.480 e. The van der Waals surface area contributed by atoms with Crippen molar-refractivity contribution in [3.05, 3.63) is 27.7 Å². The number of carbonyl (C=O) groups is 2. The molecule has 21 heavy (non-hydrogen) atoms. The average Bonchev–Trinajstić information content (AvgIpc) is 2.38. The minimum atomic E-state index is -1.03. The predicted molar refractivity (Wildman–Crippen MR) is 81.7 cm³/mol. The molecule has 1 aromatic carbocycles. The standard InChI is InChI=1S/C13H14BrClN2O4/c1-13(21-5-10(18)19)6-17(7-13)12(20)16-9-4-2-3-8(15)11(9)14/h2-4H,5-7H2,1H3,(H,16,20)(H,18,19). The maximum Gasteiger partial charge on any atom is 0.329 e. The highest BCUT2D eigenvalue weighted by Gasteiger charge is 2.42. The first-order valence-corrected chi connectivity index (χ1v) is 7.33. The van der Waals surface area contributed by atoms with Crippen molar-refractivity contribution in [3.8, 4) is 0 Å². The summed E-state index contributed by atoms with van der Waals surface area (Å²) in [4.78, 5) is 24.1. The summed E-state index contributed by atoms with van der Waals surface area (Å²) in [5, 5.41) is 11.8. The first-order valence-electron chi connectivity index (χ1n) is 6.16. The number of hydrogen-bond acceptors (Lipinski definition) is 3. The summed E-state index contributed by atoms with van der Waals surface area (Å²) in [6.45, 7) is 2.08.